The first-order valence-corrected chi connectivity index (χ1v) is 10.4. The molecular weight excluding hydrogens is 412 g/mol. The summed E-state index contributed by atoms with van der Waals surface area (Å²) in [7, 11) is 1.55. The molecule has 3 N–H and O–H groups in total. The van der Waals surface area contributed by atoms with E-state index in [0.29, 0.717) is 22.1 Å². The minimum Gasteiger partial charge on any atom is -0.355 e. The Morgan fingerprint density at radius 2 is 1.81 bits per heavy atom. The van der Waals surface area contributed by atoms with Crippen LogP contribution in [0, 0.1) is 6.92 Å². The van der Waals surface area contributed by atoms with E-state index < -0.39 is 5.41 Å². The van der Waals surface area contributed by atoms with Gasteiger partial charge in [-0.15, -0.1) is 0 Å². The molecule has 0 atom stereocenters. The van der Waals surface area contributed by atoms with Crippen molar-refractivity contribution in [3.63, 3.8) is 0 Å². The highest BCUT2D eigenvalue weighted by atomic mass is 35.5. The van der Waals surface area contributed by atoms with Gasteiger partial charge in [-0.3, -0.25) is 9.59 Å². The number of halogens is 1. The largest absolute Gasteiger partial charge is 0.355 e. The molecule has 1 saturated carbocycles. The third-order valence-electron chi connectivity index (χ3n) is 5.59. The number of benzene rings is 2. The second-order valence-corrected chi connectivity index (χ2v) is 8.12. The number of pyridine rings is 1. The molecule has 158 valence electrons. The van der Waals surface area contributed by atoms with Gasteiger partial charge >= 0.3 is 0 Å². The lowest BCUT2D eigenvalue weighted by Crippen LogP contribution is -2.28. The molecule has 1 aliphatic rings. The summed E-state index contributed by atoms with van der Waals surface area (Å²) in [6, 6.07) is 16.8. The van der Waals surface area contributed by atoms with Gasteiger partial charge in [0.25, 0.3) is 5.91 Å². The number of hydrogen-bond donors (Lipinski definition) is 3. The number of carbonyl (C=O) groups excluding carboxylic acids is 2. The van der Waals surface area contributed by atoms with Crippen LogP contribution in [0.25, 0.3) is 0 Å². The summed E-state index contributed by atoms with van der Waals surface area (Å²) in [6.07, 6.45) is 2.96. The summed E-state index contributed by atoms with van der Waals surface area (Å²) < 4.78 is 0. The van der Waals surface area contributed by atoms with Crippen LogP contribution in [-0.4, -0.2) is 23.8 Å². The number of anilines is 3. The summed E-state index contributed by atoms with van der Waals surface area (Å²) in [5, 5.41) is 9.46. The van der Waals surface area contributed by atoms with E-state index >= 15 is 0 Å². The van der Waals surface area contributed by atoms with Crippen LogP contribution in [0.4, 0.5) is 17.2 Å². The van der Waals surface area contributed by atoms with Crippen molar-refractivity contribution in [2.45, 2.75) is 25.2 Å². The Balaban J connectivity index is 1.67. The maximum Gasteiger partial charge on any atom is 0.252 e. The zero-order valence-electron chi connectivity index (χ0n) is 17.3. The van der Waals surface area contributed by atoms with Crippen LogP contribution in [0.2, 0.25) is 5.02 Å². The van der Waals surface area contributed by atoms with Crippen LogP contribution in [0.15, 0.2) is 60.8 Å². The minimum absolute atomic E-state index is 0.140. The van der Waals surface area contributed by atoms with E-state index in [1.54, 1.807) is 19.2 Å². The van der Waals surface area contributed by atoms with Gasteiger partial charge in [0, 0.05) is 24.0 Å². The van der Waals surface area contributed by atoms with Gasteiger partial charge in [-0.05, 0) is 55.2 Å². The van der Waals surface area contributed by atoms with E-state index in [2.05, 4.69) is 20.9 Å². The molecule has 2 amide bonds. The van der Waals surface area contributed by atoms with Crippen molar-refractivity contribution in [1.29, 1.82) is 0 Å². The van der Waals surface area contributed by atoms with Gasteiger partial charge < -0.3 is 16.0 Å². The van der Waals surface area contributed by atoms with E-state index in [1.807, 2.05) is 49.4 Å². The highest BCUT2D eigenvalue weighted by Crippen LogP contribution is 2.49. The number of carbonyl (C=O) groups is 2. The molecule has 0 aliphatic heterocycles. The van der Waals surface area contributed by atoms with Crippen LogP contribution in [0.5, 0.6) is 0 Å². The molecule has 6 nitrogen and oxygen atoms in total. The van der Waals surface area contributed by atoms with Gasteiger partial charge in [-0.25, -0.2) is 4.98 Å². The van der Waals surface area contributed by atoms with Crippen LogP contribution >= 0.6 is 11.6 Å². The Hall–Kier alpha value is -3.38. The van der Waals surface area contributed by atoms with Crippen molar-refractivity contribution < 1.29 is 9.59 Å². The number of amides is 2. The van der Waals surface area contributed by atoms with Crippen molar-refractivity contribution >= 4 is 40.6 Å². The number of aromatic nitrogens is 1. The zero-order chi connectivity index (χ0) is 22.0. The molecule has 1 aromatic heterocycles. The van der Waals surface area contributed by atoms with Crippen molar-refractivity contribution in [2.24, 2.45) is 0 Å². The van der Waals surface area contributed by atoms with Crippen molar-refractivity contribution in [3.8, 4) is 0 Å². The van der Waals surface area contributed by atoms with Crippen LogP contribution < -0.4 is 16.0 Å². The Labute approximate surface area is 186 Å². The molecule has 2 aromatic carbocycles. The lowest BCUT2D eigenvalue weighted by molar-refractivity contribution is -0.118. The molecule has 0 bridgehead atoms. The predicted molar refractivity (Wildman–Crippen MR) is 123 cm³/mol. The van der Waals surface area contributed by atoms with Gasteiger partial charge in [0.1, 0.15) is 0 Å². The first-order chi connectivity index (χ1) is 14.9. The maximum atomic E-state index is 13.3. The lowest BCUT2D eigenvalue weighted by Gasteiger charge is -2.19. The van der Waals surface area contributed by atoms with Gasteiger partial charge in [-0.1, -0.05) is 41.9 Å². The highest BCUT2D eigenvalue weighted by Gasteiger charge is 2.51. The third kappa shape index (κ3) is 4.25. The SMILES string of the molecule is CNC(=O)c1cnc(Nc2ccccc2C)c(NC(=O)C2(c3cccc(Cl)c3)CC2)c1. The Kier molecular flexibility index (Phi) is 5.65. The number of rotatable bonds is 6. The van der Waals surface area contributed by atoms with Crippen molar-refractivity contribution in [2.75, 3.05) is 17.7 Å². The monoisotopic (exact) mass is 434 g/mol. The van der Waals surface area contributed by atoms with Crippen molar-refractivity contribution in [1.82, 2.24) is 10.3 Å². The second-order valence-electron chi connectivity index (χ2n) is 7.69. The summed E-state index contributed by atoms with van der Waals surface area (Å²) in [5.74, 6) is 0.0528. The third-order valence-corrected chi connectivity index (χ3v) is 5.82. The Morgan fingerprint density at radius 3 is 2.48 bits per heavy atom. The van der Waals surface area contributed by atoms with Crippen LogP contribution in [0.1, 0.15) is 34.3 Å². The number of nitrogens with one attached hydrogen (secondary N) is 3. The average Bonchev–Trinajstić information content (AvgIpc) is 3.58. The summed E-state index contributed by atoms with van der Waals surface area (Å²) in [4.78, 5) is 29.9. The first-order valence-electron chi connectivity index (χ1n) is 10.1. The topological polar surface area (TPSA) is 83.1 Å². The predicted octanol–water partition coefficient (Wildman–Crippen LogP) is 4.82. The summed E-state index contributed by atoms with van der Waals surface area (Å²) in [6.45, 7) is 1.98. The highest BCUT2D eigenvalue weighted by molar-refractivity contribution is 6.30. The fourth-order valence-corrected chi connectivity index (χ4v) is 3.76. The molecule has 3 aromatic rings. The molecule has 1 fully saturated rings. The van der Waals surface area contributed by atoms with E-state index in [0.717, 1.165) is 29.7 Å². The zero-order valence-corrected chi connectivity index (χ0v) is 18.1. The molecular formula is C24H23ClN4O2. The Morgan fingerprint density at radius 1 is 1.03 bits per heavy atom. The van der Waals surface area contributed by atoms with Gasteiger partial charge in [0.05, 0.1) is 16.7 Å². The standard InChI is InChI=1S/C24H23ClN4O2/c1-15-6-3-4-9-19(15)28-21-20(12-16(14-27-21)22(30)26-2)29-23(31)24(10-11-24)17-7-5-8-18(25)13-17/h3-9,12-14H,10-11H2,1-2H3,(H,26,30)(H,27,28)(H,29,31). The average molecular weight is 435 g/mol. The molecule has 4 rings (SSSR count). The summed E-state index contributed by atoms with van der Waals surface area (Å²) >= 11 is 6.15. The fraction of sp³-hybridized carbons (Fsp3) is 0.208. The van der Waals surface area contributed by atoms with Gasteiger partial charge in [-0.2, -0.15) is 0 Å². The molecule has 31 heavy (non-hydrogen) atoms. The van der Waals surface area contributed by atoms with E-state index in [9.17, 15) is 9.59 Å². The van der Waals surface area contributed by atoms with E-state index in [-0.39, 0.29) is 11.8 Å². The van der Waals surface area contributed by atoms with Gasteiger partial charge in [0.15, 0.2) is 5.82 Å². The van der Waals surface area contributed by atoms with Crippen molar-refractivity contribution in [3.05, 3.63) is 82.5 Å². The number of hydrogen-bond acceptors (Lipinski definition) is 4. The molecule has 0 saturated heterocycles. The fourth-order valence-electron chi connectivity index (χ4n) is 3.57. The molecule has 1 aliphatic carbocycles. The van der Waals surface area contributed by atoms with E-state index in [4.69, 9.17) is 11.6 Å². The van der Waals surface area contributed by atoms with Crippen LogP contribution in [-0.2, 0) is 10.2 Å². The van der Waals surface area contributed by atoms with Crippen LogP contribution in [0.3, 0.4) is 0 Å². The molecule has 0 spiro atoms. The number of nitrogens with zero attached hydrogens (tertiary/aromatic N) is 1. The summed E-state index contributed by atoms with van der Waals surface area (Å²) in [5.41, 5.74) is 2.99. The molecule has 0 unspecified atom stereocenters. The molecule has 1 heterocycles. The van der Waals surface area contributed by atoms with Gasteiger partial charge in [0.2, 0.25) is 5.91 Å². The Bertz CT molecular complexity index is 1160. The minimum atomic E-state index is -0.617. The van der Waals surface area contributed by atoms with E-state index in [1.165, 1.54) is 6.20 Å². The maximum absolute atomic E-state index is 13.3. The first kappa shape index (κ1) is 20.9. The normalized spacial score (nSPS) is 13.9. The number of aryl methyl sites for hydroxylation is 1. The quantitative estimate of drug-likeness (QED) is 0.519. The smallest absolute Gasteiger partial charge is 0.252 e. The molecule has 0 radical (unpaired) electrons. The lowest BCUT2D eigenvalue weighted by atomic mass is 9.95. The molecule has 7 heteroatoms. The number of para-hydroxylation sites is 1. The second kappa shape index (κ2) is 8.40.